The average Bonchev–Trinajstić information content (AvgIpc) is 3.40. The fourth-order valence-corrected chi connectivity index (χ4v) is 4.72. The highest BCUT2D eigenvalue weighted by Crippen LogP contribution is 2.37. The summed E-state index contributed by atoms with van der Waals surface area (Å²) < 4.78 is 15.7. The SMILES string of the molecule is CC(C)(CCC(C)(Nc1nc2c(Cn3ccsc3=N)cccc2[nH]1)c1ccc(F)c(Cl)c1)C(=O)O. The Kier molecular flexibility index (Phi) is 6.75. The number of carboxylic acids is 1. The van der Waals surface area contributed by atoms with Gasteiger partial charge in [-0.3, -0.25) is 10.2 Å². The second-order valence-electron chi connectivity index (χ2n) is 9.51. The van der Waals surface area contributed by atoms with Crippen LogP contribution in [0.5, 0.6) is 0 Å². The van der Waals surface area contributed by atoms with Crippen molar-refractivity contribution in [1.82, 2.24) is 14.5 Å². The largest absolute Gasteiger partial charge is 0.481 e. The van der Waals surface area contributed by atoms with E-state index >= 15 is 0 Å². The topological polar surface area (TPSA) is 107 Å². The number of carbonyl (C=O) groups is 1. The predicted octanol–water partition coefficient (Wildman–Crippen LogP) is 5.96. The molecule has 0 aliphatic carbocycles. The average molecular weight is 516 g/mol. The fraction of sp³-hybridized carbons (Fsp3) is 0.320. The maximum absolute atomic E-state index is 13.9. The summed E-state index contributed by atoms with van der Waals surface area (Å²) in [6.45, 7) is 5.81. The second-order valence-corrected chi connectivity index (χ2v) is 10.8. The van der Waals surface area contributed by atoms with Gasteiger partial charge in [-0.15, -0.1) is 11.3 Å². The number of nitrogens with zero attached hydrogens (tertiary/aromatic N) is 2. The number of anilines is 1. The summed E-state index contributed by atoms with van der Waals surface area (Å²) in [6, 6.07) is 10.4. The van der Waals surface area contributed by atoms with Crippen molar-refractivity contribution in [2.45, 2.75) is 45.7 Å². The molecule has 4 aromatic rings. The number of aliphatic carboxylic acids is 1. The van der Waals surface area contributed by atoms with Crippen molar-refractivity contribution in [1.29, 1.82) is 5.41 Å². The lowest BCUT2D eigenvalue weighted by molar-refractivity contribution is -0.147. The summed E-state index contributed by atoms with van der Waals surface area (Å²) in [4.78, 5) is 20.3. The van der Waals surface area contributed by atoms with Gasteiger partial charge in [-0.2, -0.15) is 0 Å². The summed E-state index contributed by atoms with van der Waals surface area (Å²) in [6.07, 6.45) is 2.68. The first-order valence-corrected chi connectivity index (χ1v) is 12.4. The first-order valence-electron chi connectivity index (χ1n) is 11.1. The van der Waals surface area contributed by atoms with Crippen LogP contribution < -0.4 is 10.1 Å². The molecule has 0 bridgehead atoms. The lowest BCUT2D eigenvalue weighted by Gasteiger charge is -2.34. The quantitative estimate of drug-likeness (QED) is 0.220. The van der Waals surface area contributed by atoms with Gasteiger partial charge in [0.15, 0.2) is 4.80 Å². The van der Waals surface area contributed by atoms with Crippen molar-refractivity contribution in [3.8, 4) is 0 Å². The smallest absolute Gasteiger partial charge is 0.309 e. The molecule has 2 aromatic carbocycles. The van der Waals surface area contributed by atoms with Gasteiger partial charge in [0, 0.05) is 11.6 Å². The molecule has 1 unspecified atom stereocenters. The molecular formula is C25H27ClFN5O2S. The number of carboxylic acid groups (broad SMARTS) is 1. The zero-order valence-electron chi connectivity index (χ0n) is 19.7. The van der Waals surface area contributed by atoms with E-state index in [0.717, 1.165) is 22.2 Å². The van der Waals surface area contributed by atoms with E-state index < -0.39 is 22.7 Å². The molecule has 2 heterocycles. The number of imidazole rings is 1. The van der Waals surface area contributed by atoms with E-state index in [1.165, 1.54) is 17.4 Å². The van der Waals surface area contributed by atoms with E-state index in [1.54, 1.807) is 26.0 Å². The Balaban J connectivity index is 1.70. The van der Waals surface area contributed by atoms with Crippen LogP contribution in [0.25, 0.3) is 11.0 Å². The number of halogens is 2. The Morgan fingerprint density at radius 3 is 2.71 bits per heavy atom. The molecule has 35 heavy (non-hydrogen) atoms. The minimum absolute atomic E-state index is 0.00102. The molecule has 0 radical (unpaired) electrons. The molecule has 2 aromatic heterocycles. The number of fused-ring (bicyclic) bond motifs is 1. The van der Waals surface area contributed by atoms with E-state index in [-0.39, 0.29) is 5.02 Å². The van der Waals surface area contributed by atoms with Gasteiger partial charge in [-0.25, -0.2) is 9.37 Å². The van der Waals surface area contributed by atoms with Crippen molar-refractivity contribution < 1.29 is 14.3 Å². The zero-order chi connectivity index (χ0) is 25.4. The molecule has 0 spiro atoms. The Hall–Kier alpha value is -3.17. The number of aromatic amines is 1. The predicted molar refractivity (Wildman–Crippen MR) is 136 cm³/mol. The molecule has 4 rings (SSSR count). The summed E-state index contributed by atoms with van der Waals surface area (Å²) >= 11 is 7.45. The number of aromatic nitrogens is 3. The van der Waals surface area contributed by atoms with Crippen LogP contribution >= 0.6 is 22.9 Å². The molecule has 4 N–H and O–H groups in total. The van der Waals surface area contributed by atoms with Crippen LogP contribution in [0.1, 0.15) is 44.7 Å². The number of hydrogen-bond donors (Lipinski definition) is 4. The van der Waals surface area contributed by atoms with E-state index in [0.29, 0.717) is 30.1 Å². The molecule has 184 valence electrons. The summed E-state index contributed by atoms with van der Waals surface area (Å²) in [7, 11) is 0. The van der Waals surface area contributed by atoms with Gasteiger partial charge in [0.1, 0.15) is 5.82 Å². The highest BCUT2D eigenvalue weighted by molar-refractivity contribution is 7.06. The summed E-state index contributed by atoms with van der Waals surface area (Å²) in [5, 5.41) is 23.0. The van der Waals surface area contributed by atoms with Crippen LogP contribution in [-0.4, -0.2) is 25.6 Å². The molecule has 0 aliphatic rings. The van der Waals surface area contributed by atoms with Gasteiger partial charge < -0.3 is 20.0 Å². The monoisotopic (exact) mass is 515 g/mol. The van der Waals surface area contributed by atoms with Crippen molar-refractivity contribution >= 4 is 45.9 Å². The van der Waals surface area contributed by atoms with Gasteiger partial charge in [-0.05, 0) is 62.9 Å². The van der Waals surface area contributed by atoms with Gasteiger partial charge in [0.05, 0.1) is 33.6 Å². The molecular weight excluding hydrogens is 489 g/mol. The highest BCUT2D eigenvalue weighted by atomic mass is 35.5. The normalized spacial score (nSPS) is 13.6. The maximum atomic E-state index is 13.9. The fourth-order valence-electron chi connectivity index (χ4n) is 3.94. The molecule has 7 nitrogen and oxygen atoms in total. The van der Waals surface area contributed by atoms with Crippen molar-refractivity contribution in [2.24, 2.45) is 5.41 Å². The molecule has 0 amide bonds. The maximum Gasteiger partial charge on any atom is 0.309 e. The zero-order valence-corrected chi connectivity index (χ0v) is 21.2. The van der Waals surface area contributed by atoms with Crippen LogP contribution in [0, 0.1) is 16.6 Å². The lowest BCUT2D eigenvalue weighted by Crippen LogP contribution is -2.35. The van der Waals surface area contributed by atoms with Crippen molar-refractivity contribution in [3.63, 3.8) is 0 Å². The van der Waals surface area contributed by atoms with Gasteiger partial charge in [-0.1, -0.05) is 29.8 Å². The highest BCUT2D eigenvalue weighted by Gasteiger charge is 2.34. The molecule has 10 heteroatoms. The standard InChI is InChI=1S/C25H27ClFN5O2S/c1-24(2,21(33)34)9-10-25(3,16-7-8-18(27)17(26)13-16)31-23-29-19-6-4-5-15(20(19)30-23)14-32-11-12-35-22(32)28/h4-8,11-13,28H,9-10,14H2,1-3H3,(H,33,34)(H2,29,30,31). The van der Waals surface area contributed by atoms with Crippen LogP contribution in [-0.2, 0) is 16.9 Å². The molecule has 1 atom stereocenters. The number of benzene rings is 2. The molecule has 0 fully saturated rings. The van der Waals surface area contributed by atoms with Gasteiger partial charge in [0.2, 0.25) is 5.95 Å². The summed E-state index contributed by atoms with van der Waals surface area (Å²) in [5.41, 5.74) is 1.56. The third kappa shape index (κ3) is 5.26. The Labute approximate surface area is 211 Å². The van der Waals surface area contributed by atoms with Crippen LogP contribution in [0.2, 0.25) is 5.02 Å². The Morgan fingerprint density at radius 2 is 2.06 bits per heavy atom. The van der Waals surface area contributed by atoms with Crippen LogP contribution in [0.4, 0.5) is 10.3 Å². The minimum Gasteiger partial charge on any atom is -0.481 e. The minimum atomic E-state index is -0.945. The number of rotatable bonds is 9. The van der Waals surface area contributed by atoms with Crippen LogP contribution in [0.3, 0.4) is 0 Å². The van der Waals surface area contributed by atoms with Crippen molar-refractivity contribution in [3.05, 3.63) is 74.7 Å². The third-order valence-electron chi connectivity index (χ3n) is 6.40. The number of H-pyrrole nitrogens is 1. The van der Waals surface area contributed by atoms with E-state index in [4.69, 9.17) is 22.0 Å². The number of thiazole rings is 1. The van der Waals surface area contributed by atoms with E-state index in [9.17, 15) is 14.3 Å². The number of nitrogens with one attached hydrogen (secondary N) is 3. The Bertz CT molecular complexity index is 1440. The van der Waals surface area contributed by atoms with E-state index in [1.807, 2.05) is 41.3 Å². The number of hydrogen-bond acceptors (Lipinski definition) is 5. The number of para-hydroxylation sites is 1. The van der Waals surface area contributed by atoms with Gasteiger partial charge in [0.25, 0.3) is 0 Å². The lowest BCUT2D eigenvalue weighted by atomic mass is 9.79. The van der Waals surface area contributed by atoms with Gasteiger partial charge >= 0.3 is 5.97 Å². The first-order chi connectivity index (χ1) is 16.5. The van der Waals surface area contributed by atoms with Crippen LogP contribution in [0.15, 0.2) is 48.0 Å². The van der Waals surface area contributed by atoms with E-state index in [2.05, 4.69) is 10.3 Å². The first kappa shape index (κ1) is 24.9. The molecule has 0 aliphatic heterocycles. The third-order valence-corrected chi connectivity index (χ3v) is 7.40. The summed E-state index contributed by atoms with van der Waals surface area (Å²) in [5.74, 6) is -0.897. The Morgan fingerprint density at radius 1 is 1.29 bits per heavy atom. The second kappa shape index (κ2) is 9.47. The molecule has 0 saturated heterocycles. The molecule has 0 saturated carbocycles. The van der Waals surface area contributed by atoms with Crippen molar-refractivity contribution in [2.75, 3.05) is 5.32 Å².